The minimum absolute atomic E-state index is 0.0405. The Kier molecular flexibility index (Phi) is 4.43. The first-order valence-corrected chi connectivity index (χ1v) is 7.93. The summed E-state index contributed by atoms with van der Waals surface area (Å²) in [5, 5.41) is 8.91. The van der Waals surface area contributed by atoms with Crippen LogP contribution < -0.4 is 0 Å². The van der Waals surface area contributed by atoms with Gasteiger partial charge in [-0.1, -0.05) is 30.3 Å². The number of hydrogen-bond donors (Lipinski definition) is 1. The van der Waals surface area contributed by atoms with Crippen molar-refractivity contribution in [3.63, 3.8) is 0 Å². The van der Waals surface area contributed by atoms with Crippen LogP contribution in [0.1, 0.15) is 24.3 Å². The molecule has 3 rings (SSSR count). The predicted molar refractivity (Wildman–Crippen MR) is 82.2 cm³/mol. The Bertz CT molecular complexity index is 534. The fraction of sp³-hybridized carbons (Fsp3) is 0.529. The molecule has 1 saturated heterocycles. The Morgan fingerprint density at radius 3 is 2.18 bits per heavy atom. The van der Waals surface area contributed by atoms with Crippen molar-refractivity contribution in [1.82, 2.24) is 9.80 Å². The van der Waals surface area contributed by atoms with Crippen molar-refractivity contribution < 1.29 is 14.7 Å². The normalized spacial score (nSPS) is 19.9. The van der Waals surface area contributed by atoms with Crippen molar-refractivity contribution in [2.45, 2.75) is 18.8 Å². The van der Waals surface area contributed by atoms with Gasteiger partial charge in [-0.05, 0) is 24.3 Å². The van der Waals surface area contributed by atoms with Crippen LogP contribution in [0, 0.1) is 5.92 Å². The summed E-state index contributed by atoms with van der Waals surface area (Å²) in [5.41, 5.74) is 1.10. The van der Waals surface area contributed by atoms with Crippen molar-refractivity contribution in [2.24, 2.45) is 5.92 Å². The number of piperazine rings is 1. The highest BCUT2D eigenvalue weighted by Crippen LogP contribution is 2.43. The summed E-state index contributed by atoms with van der Waals surface area (Å²) in [6.45, 7) is 1.68. The Balaban J connectivity index is 1.67. The van der Waals surface area contributed by atoms with Gasteiger partial charge >= 0.3 is 0 Å². The lowest BCUT2D eigenvalue weighted by molar-refractivity contribution is -0.142. The van der Waals surface area contributed by atoms with Crippen molar-refractivity contribution in [2.75, 3.05) is 32.8 Å². The van der Waals surface area contributed by atoms with Gasteiger partial charge in [0.2, 0.25) is 11.8 Å². The Morgan fingerprint density at radius 1 is 1.05 bits per heavy atom. The summed E-state index contributed by atoms with van der Waals surface area (Å²) in [4.78, 5) is 27.9. The average Bonchev–Trinajstić information content (AvgIpc) is 3.40. The second-order valence-electron chi connectivity index (χ2n) is 6.09. The van der Waals surface area contributed by atoms with Gasteiger partial charge in [-0.15, -0.1) is 0 Å². The summed E-state index contributed by atoms with van der Waals surface area (Å²) in [6.07, 6.45) is 2.24. The SMILES string of the molecule is O=C(CO)N1CCN(C(=O)C(c2ccccc2)C2CC2)CC1. The lowest BCUT2D eigenvalue weighted by atomic mass is 9.92. The number of carbonyl (C=O) groups is 2. The van der Waals surface area contributed by atoms with Gasteiger partial charge in [0, 0.05) is 26.2 Å². The first kappa shape index (κ1) is 15.0. The van der Waals surface area contributed by atoms with Crippen LogP contribution in [0.5, 0.6) is 0 Å². The van der Waals surface area contributed by atoms with E-state index in [0.717, 1.165) is 18.4 Å². The zero-order valence-corrected chi connectivity index (χ0v) is 12.6. The summed E-state index contributed by atoms with van der Waals surface area (Å²) >= 11 is 0. The van der Waals surface area contributed by atoms with E-state index in [2.05, 4.69) is 0 Å². The van der Waals surface area contributed by atoms with E-state index in [1.807, 2.05) is 35.2 Å². The molecule has 2 aliphatic rings. The zero-order chi connectivity index (χ0) is 15.5. The topological polar surface area (TPSA) is 60.9 Å². The fourth-order valence-corrected chi connectivity index (χ4v) is 3.18. The Morgan fingerprint density at radius 2 is 1.64 bits per heavy atom. The smallest absolute Gasteiger partial charge is 0.248 e. The first-order chi connectivity index (χ1) is 10.7. The lowest BCUT2D eigenvalue weighted by Crippen LogP contribution is -2.52. The number of amides is 2. The lowest BCUT2D eigenvalue weighted by Gasteiger charge is -2.36. The molecule has 5 nitrogen and oxygen atoms in total. The fourth-order valence-electron chi connectivity index (χ4n) is 3.18. The van der Waals surface area contributed by atoms with Crippen LogP contribution in [-0.2, 0) is 9.59 Å². The quantitative estimate of drug-likeness (QED) is 0.897. The molecule has 2 fully saturated rings. The third-order valence-corrected chi connectivity index (χ3v) is 4.60. The van der Waals surface area contributed by atoms with Crippen LogP contribution in [0.25, 0.3) is 0 Å². The maximum absolute atomic E-state index is 12.9. The van der Waals surface area contributed by atoms with Crippen molar-refractivity contribution in [3.05, 3.63) is 35.9 Å². The molecule has 1 saturated carbocycles. The number of nitrogens with zero attached hydrogens (tertiary/aromatic N) is 2. The van der Waals surface area contributed by atoms with Gasteiger partial charge in [-0.25, -0.2) is 0 Å². The number of benzene rings is 1. The molecule has 0 bridgehead atoms. The molecule has 118 valence electrons. The van der Waals surface area contributed by atoms with Crippen LogP contribution in [-0.4, -0.2) is 59.5 Å². The van der Waals surface area contributed by atoms with Crippen molar-refractivity contribution in [3.8, 4) is 0 Å². The van der Waals surface area contributed by atoms with E-state index in [1.165, 1.54) is 0 Å². The highest BCUT2D eigenvalue weighted by molar-refractivity contribution is 5.85. The van der Waals surface area contributed by atoms with E-state index in [0.29, 0.717) is 32.1 Å². The summed E-state index contributed by atoms with van der Waals surface area (Å²) in [5.74, 6) is 0.354. The number of carbonyl (C=O) groups excluding carboxylic acids is 2. The summed E-state index contributed by atoms with van der Waals surface area (Å²) < 4.78 is 0. The largest absolute Gasteiger partial charge is 0.387 e. The molecule has 0 aromatic heterocycles. The monoisotopic (exact) mass is 302 g/mol. The molecule has 22 heavy (non-hydrogen) atoms. The van der Waals surface area contributed by atoms with Crippen LogP contribution in [0.15, 0.2) is 30.3 Å². The third kappa shape index (κ3) is 3.14. The molecule has 0 radical (unpaired) electrons. The molecular weight excluding hydrogens is 280 g/mol. The maximum atomic E-state index is 12.9. The predicted octanol–water partition coefficient (Wildman–Crippen LogP) is 0.843. The molecular formula is C17H22N2O3. The summed E-state index contributed by atoms with van der Waals surface area (Å²) in [7, 11) is 0. The van der Waals surface area contributed by atoms with E-state index in [4.69, 9.17) is 5.11 Å². The highest BCUT2D eigenvalue weighted by atomic mass is 16.3. The highest BCUT2D eigenvalue weighted by Gasteiger charge is 2.39. The van der Waals surface area contributed by atoms with Gasteiger partial charge in [0.1, 0.15) is 6.61 Å². The molecule has 1 unspecified atom stereocenters. The second kappa shape index (κ2) is 6.48. The molecule has 2 amide bonds. The number of rotatable bonds is 4. The van der Waals surface area contributed by atoms with E-state index in [-0.39, 0.29) is 17.7 Å². The third-order valence-electron chi connectivity index (χ3n) is 4.60. The van der Waals surface area contributed by atoms with Gasteiger partial charge in [-0.2, -0.15) is 0 Å². The summed E-state index contributed by atoms with van der Waals surface area (Å²) in [6, 6.07) is 10.0. The van der Waals surface area contributed by atoms with E-state index in [1.54, 1.807) is 4.90 Å². The average molecular weight is 302 g/mol. The number of aliphatic hydroxyl groups excluding tert-OH is 1. The first-order valence-electron chi connectivity index (χ1n) is 7.93. The Hall–Kier alpha value is -1.88. The molecule has 5 heteroatoms. The maximum Gasteiger partial charge on any atom is 0.248 e. The minimum atomic E-state index is -0.456. The molecule has 1 heterocycles. The van der Waals surface area contributed by atoms with Gasteiger partial charge < -0.3 is 14.9 Å². The van der Waals surface area contributed by atoms with Crippen LogP contribution in [0.4, 0.5) is 0 Å². The number of aliphatic hydroxyl groups is 1. The molecule has 1 N–H and O–H groups in total. The molecule has 1 aromatic rings. The van der Waals surface area contributed by atoms with Gasteiger partial charge in [-0.3, -0.25) is 9.59 Å². The number of hydrogen-bond acceptors (Lipinski definition) is 3. The van der Waals surface area contributed by atoms with E-state index < -0.39 is 6.61 Å². The van der Waals surface area contributed by atoms with Crippen molar-refractivity contribution in [1.29, 1.82) is 0 Å². The van der Waals surface area contributed by atoms with E-state index >= 15 is 0 Å². The zero-order valence-electron chi connectivity index (χ0n) is 12.6. The van der Waals surface area contributed by atoms with Gasteiger partial charge in [0.25, 0.3) is 0 Å². The molecule has 1 aliphatic carbocycles. The van der Waals surface area contributed by atoms with Gasteiger partial charge in [0.15, 0.2) is 0 Å². The van der Waals surface area contributed by atoms with E-state index in [9.17, 15) is 9.59 Å². The van der Waals surface area contributed by atoms with Crippen LogP contribution in [0.3, 0.4) is 0 Å². The molecule has 1 atom stereocenters. The molecule has 1 aromatic carbocycles. The van der Waals surface area contributed by atoms with Gasteiger partial charge in [0.05, 0.1) is 5.92 Å². The molecule has 0 spiro atoms. The minimum Gasteiger partial charge on any atom is -0.387 e. The molecule has 1 aliphatic heterocycles. The van der Waals surface area contributed by atoms with Crippen molar-refractivity contribution >= 4 is 11.8 Å². The Labute approximate surface area is 130 Å². The van der Waals surface area contributed by atoms with Crippen LogP contribution in [0.2, 0.25) is 0 Å². The van der Waals surface area contributed by atoms with Crippen LogP contribution >= 0.6 is 0 Å². The second-order valence-corrected chi connectivity index (χ2v) is 6.09. The standard InChI is InChI=1S/C17H22N2O3/c20-12-15(21)18-8-10-19(11-9-18)17(22)16(14-6-7-14)13-4-2-1-3-5-13/h1-5,14,16,20H,6-12H2.